The van der Waals surface area contributed by atoms with Crippen LogP contribution in [0, 0.1) is 0 Å². The Morgan fingerprint density at radius 3 is 0.729 bits per heavy atom. The molecule has 9 heterocycles. The molecule has 9 aliphatic rings. The predicted octanol–water partition coefficient (Wildman–Crippen LogP) is -19.3. The van der Waals surface area contributed by atoms with Crippen LogP contribution in [-0.2, 0) is 80.5 Å². The number of aliphatic hydroxyl groups excluding tert-OH is 27. The highest BCUT2D eigenvalue weighted by atomic mass is 16.8. The van der Waals surface area contributed by atoms with Crippen LogP contribution in [0.3, 0.4) is 0 Å². The maximum atomic E-state index is 12.0. The van der Waals surface area contributed by atoms with Gasteiger partial charge in [-0.05, 0) is 0 Å². The molecule has 9 saturated heterocycles. The van der Waals surface area contributed by atoms with Crippen molar-refractivity contribution in [3.8, 4) is 0 Å². The van der Waals surface area contributed by atoms with E-state index in [2.05, 4.69) is 0 Å². The Bertz CT molecular complexity index is 2340. The maximum absolute atomic E-state index is 12.0. The van der Waals surface area contributed by atoms with E-state index in [1.54, 1.807) is 0 Å². The first-order valence-electron chi connectivity index (χ1n) is 30.5. The van der Waals surface area contributed by atoms with Crippen LogP contribution in [0.25, 0.3) is 0 Å². The van der Waals surface area contributed by atoms with Gasteiger partial charge in [0.05, 0.1) is 59.5 Å². The lowest BCUT2D eigenvalue weighted by Gasteiger charge is -2.49. The van der Waals surface area contributed by atoms with Gasteiger partial charge in [-0.2, -0.15) is 0 Å². The number of aliphatic hydroxyl groups is 27. The van der Waals surface area contributed by atoms with Gasteiger partial charge >= 0.3 is 0 Å². The summed E-state index contributed by atoms with van der Waals surface area (Å²) in [4.78, 5) is 0. The number of hydrogen-bond donors (Lipinski definition) is 27. The van der Waals surface area contributed by atoms with Gasteiger partial charge in [-0.3, -0.25) is 0 Å². The quantitative estimate of drug-likeness (QED) is 0.0404. The van der Waals surface area contributed by atoms with Crippen LogP contribution < -0.4 is 0 Å². The van der Waals surface area contributed by atoms with Crippen LogP contribution in [0.15, 0.2) is 0 Å². The zero-order chi connectivity index (χ0) is 70.2. The monoisotopic (exact) mass is 1420 g/mol. The summed E-state index contributed by atoms with van der Waals surface area (Å²) in [5.41, 5.74) is 0. The van der Waals surface area contributed by atoms with E-state index in [1.807, 2.05) is 0 Å². The van der Waals surface area contributed by atoms with Gasteiger partial charge in [0.2, 0.25) is 0 Å². The average Bonchev–Trinajstić information content (AvgIpc) is 1.05. The molecule has 43 atom stereocenters. The molecule has 0 aromatic heterocycles. The molecule has 0 saturated carbocycles. The summed E-state index contributed by atoms with van der Waals surface area (Å²) in [7, 11) is 0. The van der Waals surface area contributed by atoms with E-state index in [-0.39, 0.29) is 0 Å². The molecular weight excluding hydrogens is 1330 g/mol. The minimum atomic E-state index is -2.42. The van der Waals surface area contributed by atoms with Gasteiger partial charge in [0.25, 0.3) is 0 Å². The van der Waals surface area contributed by atoms with Crippen molar-refractivity contribution in [1.82, 2.24) is 0 Å². The molecule has 0 bridgehead atoms. The highest BCUT2D eigenvalue weighted by Gasteiger charge is 2.59. The van der Waals surface area contributed by atoms with Crippen molar-refractivity contribution in [2.24, 2.45) is 0 Å². The second-order valence-electron chi connectivity index (χ2n) is 24.3. The average molecular weight is 1420 g/mol. The maximum Gasteiger partial charge on any atom is 0.187 e. The van der Waals surface area contributed by atoms with E-state index >= 15 is 0 Å². The van der Waals surface area contributed by atoms with Crippen molar-refractivity contribution in [2.75, 3.05) is 59.5 Å². The topological polar surface area (TPSA) is 703 Å². The first-order chi connectivity index (χ1) is 45.6. The zero-order valence-electron chi connectivity index (χ0n) is 50.2. The van der Waals surface area contributed by atoms with Gasteiger partial charge in [-0.1, -0.05) is 0 Å². The summed E-state index contributed by atoms with van der Waals surface area (Å²) in [5.74, 6) is 0. The summed E-state index contributed by atoms with van der Waals surface area (Å²) in [6.45, 7) is -8.75. The van der Waals surface area contributed by atoms with E-state index in [0.29, 0.717) is 0 Å². The molecule has 9 aliphatic heterocycles. The van der Waals surface area contributed by atoms with Crippen molar-refractivity contribution in [3.05, 3.63) is 0 Å². The van der Waals surface area contributed by atoms with Crippen molar-refractivity contribution >= 4 is 0 Å². The van der Waals surface area contributed by atoms with Gasteiger partial charge in [-0.15, -0.1) is 0 Å². The predicted molar refractivity (Wildman–Crippen MR) is 285 cm³/mol. The summed E-state index contributed by atoms with van der Waals surface area (Å²) in [5, 5.41) is 289. The Kier molecular flexibility index (Phi) is 27.6. The molecule has 0 aromatic carbocycles. The summed E-state index contributed by atoms with van der Waals surface area (Å²) >= 11 is 0. The largest absolute Gasteiger partial charge is 0.394 e. The lowest BCUT2D eigenvalue weighted by Crippen LogP contribution is -2.68. The van der Waals surface area contributed by atoms with Crippen LogP contribution >= 0.6 is 0 Å². The Hall–Kier alpha value is -1.76. The standard InChI is InChI=1S/C52H88O44/c53-1-10-19(60)24(65)32(73)45(83-10)95-42-22(63)12(3-55)85-51(42)80-8-17-21(62)26(67)34(75)47(89-17)94-41-18(9-81-52-43(23(64)13(4-56)86-52)96-46-33(74)25(66)20(61)11(2-54)84-46)90-50(37(78)30(41)71)93-40-16(7-59)88-49(36(77)29(40)70)92-39-15(6-58)87-48(35(76)28(39)69)91-38-14(5-57)82-44(79)31(72)27(38)68/h10-79H,1-9H2/t10-,11-,12-,13-,14-,15-,16-,17-,18-,19+,20+,21-,22+,23+,24+,25+,26+,27-,28-,29-,30-,31-,32-,33-,34-,35-,36-,37-,38-,39-,40-,41-,42-,43-,44-,45+,46+,47+,48+,49+,50+,51+,52+/m1/s1. The van der Waals surface area contributed by atoms with E-state index in [4.69, 9.17) is 80.5 Å². The molecule has 9 fully saturated rings. The smallest absolute Gasteiger partial charge is 0.187 e. The molecule has 0 radical (unpaired) electrons. The van der Waals surface area contributed by atoms with Crippen LogP contribution in [0.5, 0.6) is 0 Å². The van der Waals surface area contributed by atoms with Gasteiger partial charge in [0.1, 0.15) is 208 Å². The fraction of sp³-hybridized carbons (Fsp3) is 1.00. The molecule has 0 spiro atoms. The van der Waals surface area contributed by atoms with E-state index < -0.39 is 324 Å². The Morgan fingerprint density at radius 2 is 0.396 bits per heavy atom. The molecule has 0 amide bonds. The zero-order valence-corrected chi connectivity index (χ0v) is 50.2. The number of hydrogen-bond acceptors (Lipinski definition) is 44. The number of ether oxygens (including phenoxy) is 17. The van der Waals surface area contributed by atoms with Gasteiger partial charge in [0.15, 0.2) is 56.6 Å². The van der Waals surface area contributed by atoms with Crippen LogP contribution in [0.4, 0.5) is 0 Å². The SMILES string of the molecule is OC[C@H]1O[C@@H](O[C@H]2[C@@H](OC[C@H]3O[C@@H](O[C@H]4[C@H](O)[C@@H](O)[C@H](O[C@H]5[C@H](O)[C@@H](O)[C@H](O[C@H]6[C@H](O)[C@@H](O)[C@H](O[C@H]7[C@H](O)[C@@H](O)[C@H](O)O[C@@H]7CO)O[C@@H]6CO)O[C@@H]5CO)O[C@@H]4CO[C@H]4O[C@H](CO)[C@H](O)[C@H]4O[C@@H]4O[C@H](CO)[C@H](O)[C@H](O)[C@H]4O)[C@H](O)[C@@H](O)[C@@H]3O)O[C@H](CO)[C@@H]2O)[C@H](O)[C@@H](O)[C@H]1O. The van der Waals surface area contributed by atoms with Gasteiger partial charge in [0, 0.05) is 0 Å². The third-order valence-corrected chi connectivity index (χ3v) is 18.0. The Labute approximate surface area is 541 Å². The lowest BCUT2D eigenvalue weighted by molar-refractivity contribution is -0.394. The normalized spacial score (nSPS) is 53.6. The van der Waals surface area contributed by atoms with Gasteiger partial charge < -0.3 is 218 Å². The molecule has 560 valence electrons. The Balaban J connectivity index is 0.923. The summed E-state index contributed by atoms with van der Waals surface area (Å²) in [6, 6.07) is 0. The fourth-order valence-corrected chi connectivity index (χ4v) is 12.3. The Morgan fingerprint density at radius 1 is 0.177 bits per heavy atom. The molecule has 44 heteroatoms. The molecule has 0 aliphatic carbocycles. The van der Waals surface area contributed by atoms with Crippen molar-refractivity contribution < 1.29 is 218 Å². The van der Waals surface area contributed by atoms with E-state index in [1.165, 1.54) is 0 Å². The first kappa shape index (κ1) is 78.4. The number of rotatable bonds is 25. The summed E-state index contributed by atoms with van der Waals surface area (Å²) < 4.78 is 96.5. The second kappa shape index (κ2) is 33.8. The first-order valence-corrected chi connectivity index (χ1v) is 30.5. The summed E-state index contributed by atoms with van der Waals surface area (Å²) in [6.07, 6.45) is -84.8. The highest BCUT2D eigenvalue weighted by Crippen LogP contribution is 2.39. The third kappa shape index (κ3) is 16.1. The van der Waals surface area contributed by atoms with Crippen molar-refractivity contribution in [2.45, 2.75) is 264 Å². The molecule has 0 aromatic rings. The third-order valence-electron chi connectivity index (χ3n) is 18.0. The molecule has 9 rings (SSSR count). The minimum Gasteiger partial charge on any atom is -0.394 e. The molecule has 44 nitrogen and oxygen atoms in total. The molecule has 27 N–H and O–H groups in total. The van der Waals surface area contributed by atoms with Gasteiger partial charge in [-0.25, -0.2) is 0 Å². The van der Waals surface area contributed by atoms with Crippen molar-refractivity contribution in [3.63, 3.8) is 0 Å². The minimum absolute atomic E-state index is 0.881. The second-order valence-corrected chi connectivity index (χ2v) is 24.3. The van der Waals surface area contributed by atoms with Crippen LogP contribution in [0.2, 0.25) is 0 Å². The van der Waals surface area contributed by atoms with E-state index in [9.17, 15) is 138 Å². The molecular formula is C52H88O44. The van der Waals surface area contributed by atoms with Crippen LogP contribution in [0.1, 0.15) is 0 Å². The molecule has 0 unspecified atom stereocenters. The van der Waals surface area contributed by atoms with Crippen molar-refractivity contribution in [1.29, 1.82) is 0 Å². The lowest BCUT2D eigenvalue weighted by atomic mass is 9.95. The molecule has 96 heavy (non-hydrogen) atoms. The van der Waals surface area contributed by atoms with E-state index in [0.717, 1.165) is 0 Å². The fourth-order valence-electron chi connectivity index (χ4n) is 12.3. The highest BCUT2D eigenvalue weighted by molar-refractivity contribution is 5.01. The van der Waals surface area contributed by atoms with Crippen LogP contribution in [-0.4, -0.2) is 461 Å².